The summed E-state index contributed by atoms with van der Waals surface area (Å²) < 4.78 is 5.65. The molecule has 0 aromatic carbocycles. The molecule has 1 saturated carbocycles. The first-order chi connectivity index (χ1) is 10.3. The fraction of sp³-hybridized carbons (Fsp3) is 1.00. The maximum absolute atomic E-state index is 5.65. The largest absolute Gasteiger partial charge is 0.381 e. The average Bonchev–Trinajstić information content (AvgIpc) is 3.17. The molecular weight excluding hydrogens is 260 g/mol. The van der Waals surface area contributed by atoms with Gasteiger partial charge in [-0.2, -0.15) is 0 Å². The van der Waals surface area contributed by atoms with E-state index < -0.39 is 0 Å². The highest BCUT2D eigenvalue weighted by Gasteiger charge is 2.39. The third-order valence-corrected chi connectivity index (χ3v) is 6.20. The van der Waals surface area contributed by atoms with Crippen LogP contribution in [0.15, 0.2) is 0 Å². The topological polar surface area (TPSA) is 24.5 Å². The monoisotopic (exact) mass is 294 g/mol. The molecule has 122 valence electrons. The summed E-state index contributed by atoms with van der Waals surface area (Å²) in [5.41, 5.74) is 0.468. The van der Waals surface area contributed by atoms with E-state index in [0.29, 0.717) is 5.41 Å². The Morgan fingerprint density at radius 2 is 1.86 bits per heavy atom. The third kappa shape index (κ3) is 3.80. The molecule has 0 bridgehead atoms. The summed E-state index contributed by atoms with van der Waals surface area (Å²) in [5, 5.41) is 3.63. The Morgan fingerprint density at radius 1 is 1.10 bits per heavy atom. The summed E-state index contributed by atoms with van der Waals surface area (Å²) in [7, 11) is 0. The molecule has 0 amide bonds. The predicted molar refractivity (Wildman–Crippen MR) is 87.6 cm³/mol. The molecule has 0 aromatic rings. The molecule has 0 spiro atoms. The van der Waals surface area contributed by atoms with Crippen molar-refractivity contribution in [3.8, 4) is 0 Å². The normalized spacial score (nSPS) is 31.0. The maximum Gasteiger partial charge on any atom is 0.0472 e. The summed E-state index contributed by atoms with van der Waals surface area (Å²) in [4.78, 5) is 2.87. The Morgan fingerprint density at radius 3 is 2.57 bits per heavy atom. The van der Waals surface area contributed by atoms with Gasteiger partial charge in [0.1, 0.15) is 0 Å². The van der Waals surface area contributed by atoms with Crippen LogP contribution in [0.3, 0.4) is 0 Å². The molecule has 2 heterocycles. The van der Waals surface area contributed by atoms with E-state index in [9.17, 15) is 0 Å². The van der Waals surface area contributed by atoms with Crippen molar-refractivity contribution in [1.82, 2.24) is 10.2 Å². The van der Waals surface area contributed by atoms with E-state index in [4.69, 9.17) is 4.74 Å². The highest BCUT2D eigenvalue weighted by atomic mass is 16.5. The predicted octanol–water partition coefficient (Wildman–Crippen LogP) is 3.05. The van der Waals surface area contributed by atoms with Crippen molar-refractivity contribution in [1.29, 1.82) is 0 Å². The molecule has 2 aliphatic heterocycles. The van der Waals surface area contributed by atoms with E-state index in [1.54, 1.807) is 0 Å². The lowest BCUT2D eigenvalue weighted by molar-refractivity contribution is -0.00997. The van der Waals surface area contributed by atoms with Crippen LogP contribution in [0.2, 0.25) is 0 Å². The van der Waals surface area contributed by atoms with Crippen LogP contribution in [0.1, 0.15) is 58.3 Å². The number of hydrogen-bond donors (Lipinski definition) is 1. The van der Waals surface area contributed by atoms with E-state index in [-0.39, 0.29) is 0 Å². The smallest absolute Gasteiger partial charge is 0.0472 e. The van der Waals surface area contributed by atoms with Gasteiger partial charge < -0.3 is 10.1 Å². The molecule has 2 saturated heterocycles. The van der Waals surface area contributed by atoms with Gasteiger partial charge in [0.2, 0.25) is 0 Å². The Bertz CT molecular complexity index is 308. The van der Waals surface area contributed by atoms with Crippen molar-refractivity contribution >= 4 is 0 Å². The number of rotatable bonds is 6. The molecule has 3 aliphatic rings. The van der Waals surface area contributed by atoms with Gasteiger partial charge in [0, 0.05) is 32.3 Å². The molecule has 3 heteroatoms. The number of ether oxygens (including phenoxy) is 1. The Hall–Kier alpha value is -0.120. The van der Waals surface area contributed by atoms with E-state index in [1.165, 1.54) is 71.0 Å². The Balaban J connectivity index is 1.63. The van der Waals surface area contributed by atoms with Gasteiger partial charge in [-0.05, 0) is 62.9 Å². The van der Waals surface area contributed by atoms with Crippen LogP contribution in [0.5, 0.6) is 0 Å². The van der Waals surface area contributed by atoms with Crippen LogP contribution in [-0.2, 0) is 4.74 Å². The van der Waals surface area contributed by atoms with Crippen molar-refractivity contribution in [2.75, 3.05) is 39.4 Å². The lowest BCUT2D eigenvalue weighted by Crippen LogP contribution is -2.49. The highest BCUT2D eigenvalue weighted by molar-refractivity contribution is 4.93. The first-order valence-electron chi connectivity index (χ1n) is 9.35. The van der Waals surface area contributed by atoms with E-state index in [2.05, 4.69) is 17.1 Å². The van der Waals surface area contributed by atoms with Crippen LogP contribution in [0.4, 0.5) is 0 Å². The number of nitrogens with one attached hydrogen (secondary N) is 1. The van der Waals surface area contributed by atoms with Crippen LogP contribution in [-0.4, -0.2) is 50.3 Å². The molecule has 1 N–H and O–H groups in total. The van der Waals surface area contributed by atoms with E-state index >= 15 is 0 Å². The van der Waals surface area contributed by atoms with Crippen molar-refractivity contribution in [3.05, 3.63) is 0 Å². The van der Waals surface area contributed by atoms with E-state index in [0.717, 1.165) is 31.7 Å². The summed E-state index contributed by atoms with van der Waals surface area (Å²) in [6.07, 6.45) is 11.3. The summed E-state index contributed by atoms with van der Waals surface area (Å²) in [6, 6.07) is 0.897. The van der Waals surface area contributed by atoms with Crippen molar-refractivity contribution in [2.45, 2.75) is 64.3 Å². The molecule has 1 unspecified atom stereocenters. The first-order valence-corrected chi connectivity index (χ1v) is 9.35. The Labute approximate surface area is 130 Å². The van der Waals surface area contributed by atoms with Gasteiger partial charge in [0.15, 0.2) is 0 Å². The summed E-state index contributed by atoms with van der Waals surface area (Å²) >= 11 is 0. The zero-order valence-corrected chi connectivity index (χ0v) is 13.9. The lowest BCUT2D eigenvalue weighted by atomic mass is 9.79. The quantitative estimate of drug-likeness (QED) is 0.815. The second kappa shape index (κ2) is 7.43. The van der Waals surface area contributed by atoms with Crippen LogP contribution in [0.25, 0.3) is 0 Å². The maximum atomic E-state index is 5.65. The lowest BCUT2D eigenvalue weighted by Gasteiger charge is -2.43. The minimum absolute atomic E-state index is 0.468. The van der Waals surface area contributed by atoms with Gasteiger partial charge in [0.25, 0.3) is 0 Å². The molecular formula is C18H34N2O. The SMILES string of the molecule is CCNCC1(CN2CCCC2C2CCCC2)CCOCC1. The zero-order chi connectivity index (χ0) is 14.5. The van der Waals surface area contributed by atoms with Crippen LogP contribution in [0, 0.1) is 11.3 Å². The van der Waals surface area contributed by atoms with Gasteiger partial charge in [-0.25, -0.2) is 0 Å². The van der Waals surface area contributed by atoms with Crippen LogP contribution >= 0.6 is 0 Å². The van der Waals surface area contributed by atoms with Crippen LogP contribution < -0.4 is 5.32 Å². The number of likely N-dealkylation sites (tertiary alicyclic amines) is 1. The molecule has 0 aromatic heterocycles. The molecule has 0 radical (unpaired) electrons. The summed E-state index contributed by atoms with van der Waals surface area (Å²) in [6.45, 7) is 9.08. The van der Waals surface area contributed by atoms with Crippen molar-refractivity contribution < 1.29 is 4.74 Å². The molecule has 1 aliphatic carbocycles. The first kappa shape index (κ1) is 15.8. The number of hydrogen-bond acceptors (Lipinski definition) is 3. The average molecular weight is 294 g/mol. The molecule has 21 heavy (non-hydrogen) atoms. The van der Waals surface area contributed by atoms with Crippen molar-refractivity contribution in [2.24, 2.45) is 11.3 Å². The highest BCUT2D eigenvalue weighted by Crippen LogP contribution is 2.39. The number of nitrogens with zero attached hydrogens (tertiary/aromatic N) is 1. The van der Waals surface area contributed by atoms with Gasteiger partial charge in [-0.15, -0.1) is 0 Å². The third-order valence-electron chi connectivity index (χ3n) is 6.20. The van der Waals surface area contributed by atoms with E-state index in [1.807, 2.05) is 0 Å². The second-order valence-electron chi connectivity index (χ2n) is 7.62. The van der Waals surface area contributed by atoms with Gasteiger partial charge in [-0.1, -0.05) is 19.8 Å². The second-order valence-corrected chi connectivity index (χ2v) is 7.62. The fourth-order valence-corrected chi connectivity index (χ4v) is 4.94. The van der Waals surface area contributed by atoms with Gasteiger partial charge >= 0.3 is 0 Å². The Kier molecular flexibility index (Phi) is 5.58. The van der Waals surface area contributed by atoms with Crippen molar-refractivity contribution in [3.63, 3.8) is 0 Å². The fourth-order valence-electron chi connectivity index (χ4n) is 4.94. The molecule has 3 nitrogen and oxygen atoms in total. The molecule has 3 rings (SSSR count). The minimum Gasteiger partial charge on any atom is -0.381 e. The molecule has 3 fully saturated rings. The summed E-state index contributed by atoms with van der Waals surface area (Å²) in [5.74, 6) is 1.00. The van der Waals surface area contributed by atoms with Gasteiger partial charge in [-0.3, -0.25) is 4.90 Å². The molecule has 1 atom stereocenters. The van der Waals surface area contributed by atoms with Gasteiger partial charge in [0.05, 0.1) is 0 Å². The zero-order valence-electron chi connectivity index (χ0n) is 13.9. The minimum atomic E-state index is 0.468. The standard InChI is InChI=1S/C18H34N2O/c1-2-19-14-18(9-12-21-13-10-18)15-20-11-5-8-17(20)16-6-3-4-7-16/h16-17,19H,2-15H2,1H3.